The van der Waals surface area contributed by atoms with Crippen LogP contribution in [0, 0.1) is 0 Å². The molecule has 0 unspecified atom stereocenters. The summed E-state index contributed by atoms with van der Waals surface area (Å²) in [6, 6.07) is 7.07. The first kappa shape index (κ1) is 14.1. The predicted octanol–water partition coefficient (Wildman–Crippen LogP) is 3.40. The lowest BCUT2D eigenvalue weighted by molar-refractivity contribution is -0.159. The molecule has 0 aliphatic heterocycles. The van der Waals surface area contributed by atoms with Crippen LogP contribution < -0.4 is 5.32 Å². The van der Waals surface area contributed by atoms with E-state index in [0.717, 1.165) is 12.1 Å². The van der Waals surface area contributed by atoms with Crippen LogP contribution in [0.1, 0.15) is 31.2 Å². The van der Waals surface area contributed by atoms with Gasteiger partial charge in [-0.05, 0) is 25.3 Å². The number of benzene rings is 1. The zero-order chi connectivity index (χ0) is 15.1. The second-order valence-electron chi connectivity index (χ2n) is 5.53. The van der Waals surface area contributed by atoms with Crippen LogP contribution in [0.15, 0.2) is 28.8 Å². The fraction of sp³-hybridized carbons (Fsp3) is 0.429. The summed E-state index contributed by atoms with van der Waals surface area (Å²) in [4.78, 5) is 3.36. The molecule has 0 saturated heterocycles. The van der Waals surface area contributed by atoms with Crippen molar-refractivity contribution in [3.8, 4) is 11.4 Å². The normalized spacial score (nSPS) is 17.0. The number of rotatable bonds is 4. The molecule has 1 aliphatic carbocycles. The van der Waals surface area contributed by atoms with E-state index in [2.05, 4.69) is 26.9 Å². The molecule has 7 heteroatoms. The molecule has 3 rings (SSSR count). The SMILES string of the molecule is CC1(NCc2ccc(-c3noc(C(F)(F)F)n3)cc2)CC1. The van der Waals surface area contributed by atoms with Crippen LogP contribution in [-0.4, -0.2) is 15.7 Å². The van der Waals surface area contributed by atoms with Crippen LogP contribution in [0.4, 0.5) is 13.2 Å². The Morgan fingerprint density at radius 2 is 1.90 bits per heavy atom. The Hall–Kier alpha value is -1.89. The molecule has 1 N–H and O–H groups in total. The Labute approximate surface area is 119 Å². The Balaban J connectivity index is 1.70. The predicted molar refractivity (Wildman–Crippen MR) is 69.2 cm³/mol. The summed E-state index contributed by atoms with van der Waals surface area (Å²) in [7, 11) is 0. The number of aromatic nitrogens is 2. The summed E-state index contributed by atoms with van der Waals surface area (Å²) in [5.74, 6) is -1.39. The van der Waals surface area contributed by atoms with E-state index in [9.17, 15) is 13.2 Å². The van der Waals surface area contributed by atoms with Gasteiger partial charge in [-0.1, -0.05) is 29.4 Å². The average Bonchev–Trinajstić information content (AvgIpc) is 2.97. The highest BCUT2D eigenvalue weighted by atomic mass is 19.4. The minimum absolute atomic E-state index is 0.0593. The Morgan fingerprint density at radius 1 is 1.24 bits per heavy atom. The number of nitrogens with zero attached hydrogens (tertiary/aromatic N) is 2. The minimum Gasteiger partial charge on any atom is -0.329 e. The second-order valence-corrected chi connectivity index (χ2v) is 5.53. The van der Waals surface area contributed by atoms with Crippen molar-refractivity contribution in [2.24, 2.45) is 0 Å². The van der Waals surface area contributed by atoms with E-state index < -0.39 is 12.1 Å². The molecular formula is C14H14F3N3O. The van der Waals surface area contributed by atoms with Gasteiger partial charge in [0, 0.05) is 17.6 Å². The fourth-order valence-corrected chi connectivity index (χ4v) is 1.91. The molecule has 21 heavy (non-hydrogen) atoms. The molecule has 0 atom stereocenters. The lowest BCUT2D eigenvalue weighted by Crippen LogP contribution is -2.26. The number of hydrogen-bond donors (Lipinski definition) is 1. The van der Waals surface area contributed by atoms with Crippen molar-refractivity contribution in [1.82, 2.24) is 15.5 Å². The maximum atomic E-state index is 12.4. The molecule has 112 valence electrons. The van der Waals surface area contributed by atoms with Crippen LogP contribution in [0.25, 0.3) is 11.4 Å². The van der Waals surface area contributed by atoms with Gasteiger partial charge in [0.1, 0.15) is 0 Å². The Bertz CT molecular complexity index is 630. The molecule has 1 aromatic carbocycles. The van der Waals surface area contributed by atoms with Gasteiger partial charge in [0.25, 0.3) is 0 Å². The third kappa shape index (κ3) is 3.24. The molecule has 0 radical (unpaired) electrons. The average molecular weight is 297 g/mol. The molecule has 1 aliphatic rings. The van der Waals surface area contributed by atoms with Gasteiger partial charge >= 0.3 is 12.1 Å². The summed E-state index contributed by atoms with van der Waals surface area (Å²) in [5.41, 5.74) is 1.80. The lowest BCUT2D eigenvalue weighted by atomic mass is 10.1. The molecular weight excluding hydrogens is 283 g/mol. The summed E-state index contributed by atoms with van der Waals surface area (Å²) < 4.78 is 41.4. The minimum atomic E-state index is -4.62. The van der Waals surface area contributed by atoms with E-state index in [4.69, 9.17) is 0 Å². The Kier molecular flexibility index (Phi) is 3.24. The molecule has 0 bridgehead atoms. The second kappa shape index (κ2) is 4.84. The zero-order valence-corrected chi connectivity index (χ0v) is 11.4. The van der Waals surface area contributed by atoms with Gasteiger partial charge in [-0.3, -0.25) is 0 Å². The van der Waals surface area contributed by atoms with Crippen LogP contribution in [0.3, 0.4) is 0 Å². The summed E-state index contributed by atoms with van der Waals surface area (Å²) in [6.45, 7) is 2.90. The highest BCUT2D eigenvalue weighted by Gasteiger charge is 2.38. The maximum Gasteiger partial charge on any atom is 0.471 e. The van der Waals surface area contributed by atoms with E-state index in [0.29, 0.717) is 5.56 Å². The van der Waals surface area contributed by atoms with Crippen molar-refractivity contribution in [3.63, 3.8) is 0 Å². The number of halogens is 3. The molecule has 4 nitrogen and oxygen atoms in total. The van der Waals surface area contributed by atoms with Crippen molar-refractivity contribution < 1.29 is 17.7 Å². The quantitative estimate of drug-likeness (QED) is 0.939. The van der Waals surface area contributed by atoms with Crippen LogP contribution >= 0.6 is 0 Å². The van der Waals surface area contributed by atoms with Crippen molar-refractivity contribution in [1.29, 1.82) is 0 Å². The van der Waals surface area contributed by atoms with E-state index in [1.807, 2.05) is 12.1 Å². The molecule has 1 fully saturated rings. The molecule has 1 saturated carbocycles. The smallest absolute Gasteiger partial charge is 0.329 e. The highest BCUT2D eigenvalue weighted by molar-refractivity contribution is 5.54. The van der Waals surface area contributed by atoms with Crippen molar-refractivity contribution >= 4 is 0 Å². The van der Waals surface area contributed by atoms with Crippen LogP contribution in [0.5, 0.6) is 0 Å². The van der Waals surface area contributed by atoms with Gasteiger partial charge in [-0.15, -0.1) is 0 Å². The first-order valence-corrected chi connectivity index (χ1v) is 6.61. The summed E-state index contributed by atoms with van der Waals surface area (Å²) >= 11 is 0. The number of hydrogen-bond acceptors (Lipinski definition) is 4. The maximum absolute atomic E-state index is 12.4. The van der Waals surface area contributed by atoms with Gasteiger partial charge < -0.3 is 9.84 Å². The van der Waals surface area contributed by atoms with Gasteiger partial charge in [0.05, 0.1) is 0 Å². The van der Waals surface area contributed by atoms with Crippen molar-refractivity contribution in [3.05, 3.63) is 35.7 Å². The molecule has 1 aromatic heterocycles. The van der Waals surface area contributed by atoms with E-state index >= 15 is 0 Å². The van der Waals surface area contributed by atoms with E-state index in [1.54, 1.807) is 12.1 Å². The summed E-state index contributed by atoms with van der Waals surface area (Å²) in [5, 5.41) is 6.79. The largest absolute Gasteiger partial charge is 0.471 e. The van der Waals surface area contributed by atoms with Crippen molar-refractivity contribution in [2.45, 2.75) is 38.0 Å². The Morgan fingerprint density at radius 3 is 2.43 bits per heavy atom. The number of alkyl halides is 3. The van der Waals surface area contributed by atoms with Gasteiger partial charge in [-0.25, -0.2) is 0 Å². The van der Waals surface area contributed by atoms with E-state index in [1.165, 1.54) is 12.8 Å². The molecule has 0 amide bonds. The first-order chi connectivity index (χ1) is 9.86. The zero-order valence-electron chi connectivity index (χ0n) is 11.4. The topological polar surface area (TPSA) is 51.0 Å². The van der Waals surface area contributed by atoms with Crippen LogP contribution in [0.2, 0.25) is 0 Å². The standard InChI is InChI=1S/C14H14F3N3O/c1-13(6-7-13)18-8-9-2-4-10(5-3-9)11-19-12(21-20-11)14(15,16)17/h2-5,18H,6-8H2,1H3. The third-order valence-electron chi connectivity index (χ3n) is 3.60. The van der Waals surface area contributed by atoms with Crippen molar-refractivity contribution in [2.75, 3.05) is 0 Å². The van der Waals surface area contributed by atoms with Gasteiger partial charge in [-0.2, -0.15) is 18.2 Å². The molecule has 0 spiro atoms. The monoisotopic (exact) mass is 297 g/mol. The first-order valence-electron chi connectivity index (χ1n) is 6.61. The molecule has 1 heterocycles. The van der Waals surface area contributed by atoms with Crippen LogP contribution in [-0.2, 0) is 12.7 Å². The highest BCUT2D eigenvalue weighted by Crippen LogP contribution is 2.34. The fourth-order valence-electron chi connectivity index (χ4n) is 1.91. The lowest BCUT2D eigenvalue weighted by Gasteiger charge is -2.11. The number of nitrogens with one attached hydrogen (secondary N) is 1. The van der Waals surface area contributed by atoms with Gasteiger partial charge in [0.2, 0.25) is 5.82 Å². The van der Waals surface area contributed by atoms with E-state index in [-0.39, 0.29) is 11.4 Å². The molecule has 2 aromatic rings. The van der Waals surface area contributed by atoms with Gasteiger partial charge in [0.15, 0.2) is 0 Å². The third-order valence-corrected chi connectivity index (χ3v) is 3.60. The summed E-state index contributed by atoms with van der Waals surface area (Å²) in [6.07, 6.45) is -2.27.